The molecule has 0 atom stereocenters. The van der Waals surface area contributed by atoms with Gasteiger partial charge in [0.2, 0.25) is 5.95 Å². The zero-order valence-electron chi connectivity index (χ0n) is 18.4. The van der Waals surface area contributed by atoms with E-state index in [0.29, 0.717) is 55.1 Å². The molecule has 3 aromatic rings. The number of pyridine rings is 1. The number of amides is 1. The second-order valence-corrected chi connectivity index (χ2v) is 7.50. The van der Waals surface area contributed by atoms with Gasteiger partial charge in [-0.05, 0) is 24.3 Å². The molecule has 1 N–H and O–H groups in total. The van der Waals surface area contributed by atoms with Gasteiger partial charge in [0.05, 0.1) is 32.2 Å². The molecule has 0 spiro atoms. The van der Waals surface area contributed by atoms with Gasteiger partial charge in [-0.25, -0.2) is 4.98 Å². The Balaban J connectivity index is 1.84. The molecule has 32 heavy (non-hydrogen) atoms. The minimum atomic E-state index is -0.0815. The molecule has 1 aliphatic rings. The van der Waals surface area contributed by atoms with Crippen molar-refractivity contribution >= 4 is 23.4 Å². The van der Waals surface area contributed by atoms with E-state index in [2.05, 4.69) is 15.2 Å². The van der Waals surface area contributed by atoms with E-state index in [1.165, 1.54) is 0 Å². The highest BCUT2D eigenvalue weighted by atomic mass is 16.5. The number of ether oxygens (including phenoxy) is 2. The highest BCUT2D eigenvalue weighted by Gasteiger charge is 2.22. The van der Waals surface area contributed by atoms with Gasteiger partial charge in [-0.15, -0.1) is 0 Å². The summed E-state index contributed by atoms with van der Waals surface area (Å²) < 4.78 is 11.2. The van der Waals surface area contributed by atoms with E-state index in [-0.39, 0.29) is 5.91 Å². The standard InChI is InChI=1S/C23H26N6O3/c1-28(2)22(30)17-7-4-6-16(14-17)19-20(31-3)21(25-18-8-5-9-24-15-18)27-23(26-19)29-10-12-32-13-11-29/h4-9,14-15H,10-13H2,1-3H3,(H,25,26,27). The first-order chi connectivity index (χ1) is 15.6. The maximum Gasteiger partial charge on any atom is 0.253 e. The summed E-state index contributed by atoms with van der Waals surface area (Å²) in [5.74, 6) is 1.50. The fourth-order valence-corrected chi connectivity index (χ4v) is 3.45. The zero-order valence-corrected chi connectivity index (χ0v) is 18.4. The van der Waals surface area contributed by atoms with E-state index in [1.54, 1.807) is 44.6 Å². The number of methoxy groups -OCH3 is 1. The predicted molar refractivity (Wildman–Crippen MR) is 123 cm³/mol. The van der Waals surface area contributed by atoms with Crippen molar-refractivity contribution in [3.8, 4) is 17.0 Å². The van der Waals surface area contributed by atoms with Crippen LogP contribution in [0.1, 0.15) is 10.4 Å². The van der Waals surface area contributed by atoms with Crippen LogP contribution in [0.3, 0.4) is 0 Å². The van der Waals surface area contributed by atoms with Crippen LogP contribution >= 0.6 is 0 Å². The average Bonchev–Trinajstić information content (AvgIpc) is 2.84. The van der Waals surface area contributed by atoms with Crippen LogP contribution in [0.5, 0.6) is 5.75 Å². The minimum Gasteiger partial charge on any atom is -0.491 e. The molecule has 3 heterocycles. The Kier molecular flexibility index (Phi) is 6.46. The van der Waals surface area contributed by atoms with Gasteiger partial charge in [-0.3, -0.25) is 9.78 Å². The Hall–Kier alpha value is -3.72. The number of nitrogens with zero attached hydrogens (tertiary/aromatic N) is 5. The van der Waals surface area contributed by atoms with Crippen molar-refractivity contribution in [3.63, 3.8) is 0 Å². The molecule has 9 nitrogen and oxygen atoms in total. The number of hydrogen-bond acceptors (Lipinski definition) is 8. The van der Waals surface area contributed by atoms with Gasteiger partial charge in [0.15, 0.2) is 11.6 Å². The van der Waals surface area contributed by atoms with E-state index in [9.17, 15) is 4.79 Å². The lowest BCUT2D eigenvalue weighted by Crippen LogP contribution is -2.37. The number of aromatic nitrogens is 3. The molecule has 2 aromatic heterocycles. The third-order valence-electron chi connectivity index (χ3n) is 5.07. The molecular weight excluding hydrogens is 408 g/mol. The van der Waals surface area contributed by atoms with Crippen LogP contribution in [0.4, 0.5) is 17.5 Å². The van der Waals surface area contributed by atoms with Gasteiger partial charge in [0.25, 0.3) is 5.91 Å². The Morgan fingerprint density at radius 1 is 1.16 bits per heavy atom. The summed E-state index contributed by atoms with van der Waals surface area (Å²) >= 11 is 0. The molecule has 0 unspecified atom stereocenters. The molecule has 4 rings (SSSR count). The van der Waals surface area contributed by atoms with Gasteiger partial charge < -0.3 is 24.6 Å². The Morgan fingerprint density at radius 3 is 2.66 bits per heavy atom. The van der Waals surface area contributed by atoms with E-state index >= 15 is 0 Å². The summed E-state index contributed by atoms with van der Waals surface area (Å²) in [6.45, 7) is 2.61. The van der Waals surface area contributed by atoms with Crippen molar-refractivity contribution < 1.29 is 14.3 Å². The molecule has 1 saturated heterocycles. The fourth-order valence-electron chi connectivity index (χ4n) is 3.45. The average molecular weight is 435 g/mol. The predicted octanol–water partition coefficient (Wildman–Crippen LogP) is 2.83. The maximum atomic E-state index is 12.5. The summed E-state index contributed by atoms with van der Waals surface area (Å²) in [5.41, 5.74) is 2.72. The SMILES string of the molecule is COc1c(Nc2cccnc2)nc(N2CCOCC2)nc1-c1cccc(C(=O)N(C)C)c1. The summed E-state index contributed by atoms with van der Waals surface area (Å²) in [5, 5.41) is 3.30. The molecule has 1 amide bonds. The topological polar surface area (TPSA) is 92.7 Å². The molecule has 1 aromatic carbocycles. The highest BCUT2D eigenvalue weighted by molar-refractivity contribution is 5.95. The number of carbonyl (C=O) groups is 1. The lowest BCUT2D eigenvalue weighted by molar-refractivity contribution is 0.0827. The Morgan fingerprint density at radius 2 is 1.97 bits per heavy atom. The summed E-state index contributed by atoms with van der Waals surface area (Å²) in [6, 6.07) is 11.1. The highest BCUT2D eigenvalue weighted by Crippen LogP contribution is 2.37. The van der Waals surface area contributed by atoms with E-state index in [1.807, 2.05) is 30.3 Å². The lowest BCUT2D eigenvalue weighted by atomic mass is 10.1. The van der Waals surface area contributed by atoms with Crippen LogP contribution in [0.15, 0.2) is 48.8 Å². The largest absolute Gasteiger partial charge is 0.491 e. The first-order valence-corrected chi connectivity index (χ1v) is 10.3. The second kappa shape index (κ2) is 9.61. The third-order valence-corrected chi connectivity index (χ3v) is 5.07. The Bertz CT molecular complexity index is 1080. The van der Waals surface area contributed by atoms with Gasteiger partial charge >= 0.3 is 0 Å². The number of nitrogens with one attached hydrogen (secondary N) is 1. The molecule has 1 fully saturated rings. The smallest absolute Gasteiger partial charge is 0.253 e. The molecular formula is C23H26N6O3. The summed E-state index contributed by atoms with van der Waals surface area (Å²) in [4.78, 5) is 29.9. The van der Waals surface area contributed by atoms with Crippen LogP contribution in [0, 0.1) is 0 Å². The van der Waals surface area contributed by atoms with Crippen molar-refractivity contribution in [3.05, 3.63) is 54.4 Å². The first-order valence-electron chi connectivity index (χ1n) is 10.3. The first kappa shape index (κ1) is 21.5. The van der Waals surface area contributed by atoms with Crippen LogP contribution < -0.4 is 15.0 Å². The molecule has 0 aliphatic carbocycles. The number of hydrogen-bond donors (Lipinski definition) is 1. The van der Waals surface area contributed by atoms with Crippen molar-refractivity contribution in [2.24, 2.45) is 0 Å². The monoisotopic (exact) mass is 434 g/mol. The second-order valence-electron chi connectivity index (χ2n) is 7.50. The summed E-state index contributed by atoms with van der Waals surface area (Å²) in [7, 11) is 5.04. The van der Waals surface area contributed by atoms with Gasteiger partial charge in [-0.1, -0.05) is 12.1 Å². The number of morpholine rings is 1. The van der Waals surface area contributed by atoms with Gasteiger partial charge in [0, 0.05) is 44.5 Å². The molecule has 0 bridgehead atoms. The van der Waals surface area contributed by atoms with Crippen molar-refractivity contribution in [1.82, 2.24) is 19.9 Å². The van der Waals surface area contributed by atoms with Crippen LogP contribution in [-0.2, 0) is 4.74 Å². The molecule has 9 heteroatoms. The fraction of sp³-hybridized carbons (Fsp3) is 0.304. The molecule has 166 valence electrons. The van der Waals surface area contributed by atoms with Gasteiger partial charge in [-0.2, -0.15) is 4.98 Å². The van der Waals surface area contributed by atoms with Crippen LogP contribution in [-0.4, -0.2) is 73.3 Å². The van der Waals surface area contributed by atoms with Crippen molar-refractivity contribution in [2.75, 3.05) is 57.7 Å². The summed E-state index contributed by atoms with van der Waals surface area (Å²) in [6.07, 6.45) is 3.42. The van der Waals surface area contributed by atoms with Gasteiger partial charge in [0.1, 0.15) is 5.69 Å². The Labute approximate surface area is 187 Å². The van der Waals surface area contributed by atoms with Crippen molar-refractivity contribution in [2.45, 2.75) is 0 Å². The molecule has 0 saturated carbocycles. The number of carbonyl (C=O) groups excluding carboxylic acids is 1. The van der Waals surface area contributed by atoms with E-state index in [0.717, 1.165) is 11.3 Å². The number of rotatable bonds is 6. The maximum absolute atomic E-state index is 12.5. The normalized spacial score (nSPS) is 13.5. The van der Waals surface area contributed by atoms with E-state index < -0.39 is 0 Å². The quantitative estimate of drug-likeness (QED) is 0.633. The molecule has 1 aliphatic heterocycles. The van der Waals surface area contributed by atoms with Crippen LogP contribution in [0.2, 0.25) is 0 Å². The number of benzene rings is 1. The lowest BCUT2D eigenvalue weighted by Gasteiger charge is -2.28. The zero-order chi connectivity index (χ0) is 22.5. The molecule has 0 radical (unpaired) electrons. The van der Waals surface area contributed by atoms with E-state index in [4.69, 9.17) is 19.4 Å². The number of anilines is 3. The third kappa shape index (κ3) is 4.62. The van der Waals surface area contributed by atoms with Crippen molar-refractivity contribution in [1.29, 1.82) is 0 Å². The minimum absolute atomic E-state index is 0.0815. The van der Waals surface area contributed by atoms with Crippen LogP contribution in [0.25, 0.3) is 11.3 Å².